The van der Waals surface area contributed by atoms with E-state index in [1.807, 2.05) is 0 Å². The van der Waals surface area contributed by atoms with Crippen molar-refractivity contribution in [3.63, 3.8) is 0 Å². The quantitative estimate of drug-likeness (QED) is 0.839. The summed E-state index contributed by atoms with van der Waals surface area (Å²) >= 11 is 1.81. The maximum atomic E-state index is 12.2. The predicted octanol–water partition coefficient (Wildman–Crippen LogP) is 2.86. The summed E-state index contributed by atoms with van der Waals surface area (Å²) in [6.45, 7) is 6.96. The maximum Gasteiger partial charge on any atom is 0.166 e. The summed E-state index contributed by atoms with van der Waals surface area (Å²) < 4.78 is 5.55. The Labute approximate surface area is 113 Å². The van der Waals surface area contributed by atoms with Crippen LogP contribution in [0.1, 0.15) is 22.3 Å². The average molecular weight is 264 g/mol. The lowest BCUT2D eigenvalue weighted by Crippen LogP contribution is -2.32. The number of benzene rings is 1. The maximum absolute atomic E-state index is 12.2. The SMILES string of the molecule is Cc1cc(C)c(CC(=O)C2CSCCO2)c(C)c1. The van der Waals surface area contributed by atoms with Crippen LogP contribution in [0.25, 0.3) is 0 Å². The Morgan fingerprint density at radius 1 is 1.33 bits per heavy atom. The summed E-state index contributed by atoms with van der Waals surface area (Å²) in [6.07, 6.45) is 0.298. The van der Waals surface area contributed by atoms with E-state index in [9.17, 15) is 4.79 Å². The molecule has 1 atom stereocenters. The molecular formula is C15H20O2S. The van der Waals surface area contributed by atoms with Crippen molar-refractivity contribution in [2.45, 2.75) is 33.3 Å². The third kappa shape index (κ3) is 3.15. The van der Waals surface area contributed by atoms with Crippen molar-refractivity contribution in [1.29, 1.82) is 0 Å². The zero-order chi connectivity index (χ0) is 13.1. The Balaban J connectivity index is 2.11. The Hall–Kier alpha value is -0.800. The van der Waals surface area contributed by atoms with Crippen molar-refractivity contribution < 1.29 is 9.53 Å². The van der Waals surface area contributed by atoms with Crippen molar-refractivity contribution in [2.24, 2.45) is 0 Å². The molecule has 1 fully saturated rings. The molecular weight excluding hydrogens is 244 g/mol. The van der Waals surface area contributed by atoms with Crippen LogP contribution in [0.3, 0.4) is 0 Å². The molecule has 1 aliphatic heterocycles. The minimum atomic E-state index is -0.205. The van der Waals surface area contributed by atoms with E-state index in [1.165, 1.54) is 22.3 Å². The molecule has 18 heavy (non-hydrogen) atoms. The van der Waals surface area contributed by atoms with Crippen LogP contribution < -0.4 is 0 Å². The summed E-state index contributed by atoms with van der Waals surface area (Å²) in [5.74, 6) is 2.03. The van der Waals surface area contributed by atoms with Gasteiger partial charge in [0.1, 0.15) is 6.10 Å². The van der Waals surface area contributed by atoms with Crippen LogP contribution in [0.5, 0.6) is 0 Å². The fraction of sp³-hybridized carbons (Fsp3) is 0.533. The number of ketones is 1. The van der Waals surface area contributed by atoms with E-state index in [0.29, 0.717) is 13.0 Å². The molecule has 1 unspecified atom stereocenters. The van der Waals surface area contributed by atoms with Crippen molar-refractivity contribution in [3.05, 3.63) is 34.4 Å². The molecule has 2 rings (SSSR count). The van der Waals surface area contributed by atoms with Gasteiger partial charge in [0.05, 0.1) is 6.61 Å². The fourth-order valence-electron chi connectivity index (χ4n) is 2.45. The van der Waals surface area contributed by atoms with Crippen LogP contribution >= 0.6 is 11.8 Å². The summed E-state index contributed by atoms with van der Waals surface area (Å²) in [5, 5.41) is 0. The first-order valence-corrected chi connectivity index (χ1v) is 7.52. The van der Waals surface area contributed by atoms with Gasteiger partial charge in [0, 0.05) is 17.9 Å². The highest BCUT2D eigenvalue weighted by molar-refractivity contribution is 7.99. The first-order valence-electron chi connectivity index (χ1n) is 6.36. The molecule has 1 aliphatic rings. The van der Waals surface area contributed by atoms with E-state index in [1.54, 1.807) is 11.8 Å². The van der Waals surface area contributed by atoms with Crippen LogP contribution in [0.4, 0.5) is 0 Å². The molecule has 0 aromatic heterocycles. The van der Waals surface area contributed by atoms with Gasteiger partial charge in [-0.15, -0.1) is 0 Å². The molecule has 1 heterocycles. The predicted molar refractivity (Wildman–Crippen MR) is 76.4 cm³/mol. The van der Waals surface area contributed by atoms with Gasteiger partial charge in [0.2, 0.25) is 0 Å². The van der Waals surface area contributed by atoms with Gasteiger partial charge in [-0.25, -0.2) is 0 Å². The van der Waals surface area contributed by atoms with Gasteiger partial charge in [0.15, 0.2) is 5.78 Å². The number of carbonyl (C=O) groups is 1. The van der Waals surface area contributed by atoms with Gasteiger partial charge in [-0.1, -0.05) is 17.7 Å². The van der Waals surface area contributed by atoms with Crippen molar-refractivity contribution in [2.75, 3.05) is 18.1 Å². The second kappa shape index (κ2) is 5.89. The van der Waals surface area contributed by atoms with E-state index in [0.717, 1.165) is 11.5 Å². The van der Waals surface area contributed by atoms with Gasteiger partial charge >= 0.3 is 0 Å². The topological polar surface area (TPSA) is 26.3 Å². The Kier molecular flexibility index (Phi) is 4.46. The van der Waals surface area contributed by atoms with E-state index in [-0.39, 0.29) is 11.9 Å². The first-order chi connectivity index (χ1) is 8.58. The summed E-state index contributed by atoms with van der Waals surface area (Å²) in [4.78, 5) is 12.2. The third-order valence-corrected chi connectivity index (χ3v) is 4.36. The number of ether oxygens (including phenoxy) is 1. The number of Topliss-reactive ketones (excluding diaryl/α,β-unsaturated/α-hetero) is 1. The molecule has 1 saturated heterocycles. The molecule has 0 aliphatic carbocycles. The number of hydrogen-bond acceptors (Lipinski definition) is 3. The minimum Gasteiger partial charge on any atom is -0.369 e. The van der Waals surface area contributed by atoms with Crippen LogP contribution in [0.2, 0.25) is 0 Å². The number of carbonyl (C=O) groups excluding carboxylic acids is 1. The molecule has 2 nitrogen and oxygen atoms in total. The monoisotopic (exact) mass is 264 g/mol. The highest BCUT2D eigenvalue weighted by atomic mass is 32.2. The molecule has 0 radical (unpaired) electrons. The first kappa shape index (κ1) is 13.6. The summed E-state index contributed by atoms with van der Waals surface area (Å²) in [6, 6.07) is 4.29. The summed E-state index contributed by atoms with van der Waals surface area (Å²) in [7, 11) is 0. The van der Waals surface area contributed by atoms with Crippen LogP contribution in [0.15, 0.2) is 12.1 Å². The zero-order valence-corrected chi connectivity index (χ0v) is 12.1. The molecule has 98 valence electrons. The Bertz CT molecular complexity index is 425. The van der Waals surface area contributed by atoms with Gasteiger partial charge in [0.25, 0.3) is 0 Å². The van der Waals surface area contributed by atoms with Crippen LogP contribution in [0, 0.1) is 20.8 Å². The van der Waals surface area contributed by atoms with Crippen LogP contribution in [-0.4, -0.2) is 30.0 Å². The zero-order valence-electron chi connectivity index (χ0n) is 11.3. The molecule has 0 N–H and O–H groups in total. The van der Waals surface area contributed by atoms with Gasteiger partial charge in [-0.2, -0.15) is 11.8 Å². The van der Waals surface area contributed by atoms with E-state index >= 15 is 0 Å². The van der Waals surface area contributed by atoms with E-state index in [2.05, 4.69) is 32.9 Å². The molecule has 0 saturated carbocycles. The molecule has 1 aromatic rings. The number of hydrogen-bond donors (Lipinski definition) is 0. The lowest BCUT2D eigenvalue weighted by molar-refractivity contribution is -0.128. The highest BCUT2D eigenvalue weighted by Crippen LogP contribution is 2.20. The Morgan fingerprint density at radius 3 is 2.56 bits per heavy atom. The molecule has 0 bridgehead atoms. The third-order valence-electron chi connectivity index (χ3n) is 3.37. The van der Waals surface area contributed by atoms with Crippen molar-refractivity contribution in [3.8, 4) is 0 Å². The van der Waals surface area contributed by atoms with E-state index < -0.39 is 0 Å². The van der Waals surface area contributed by atoms with Gasteiger partial charge in [-0.05, 0) is 37.5 Å². The average Bonchev–Trinajstić information content (AvgIpc) is 2.34. The largest absolute Gasteiger partial charge is 0.369 e. The van der Waals surface area contributed by atoms with E-state index in [4.69, 9.17) is 4.74 Å². The molecule has 0 amide bonds. The smallest absolute Gasteiger partial charge is 0.166 e. The minimum absolute atomic E-state index is 0.205. The Morgan fingerprint density at radius 2 is 2.00 bits per heavy atom. The standard InChI is InChI=1S/C15H20O2S/c1-10-6-11(2)13(12(3)7-10)8-14(16)15-9-18-5-4-17-15/h6-7,15H,4-5,8-9H2,1-3H3. The van der Waals surface area contributed by atoms with Crippen molar-refractivity contribution >= 4 is 17.5 Å². The summed E-state index contributed by atoms with van der Waals surface area (Å²) in [5.41, 5.74) is 4.85. The number of aryl methyl sites for hydroxylation is 3. The van der Waals surface area contributed by atoms with Gasteiger partial charge in [-0.3, -0.25) is 4.79 Å². The second-order valence-corrected chi connectivity index (χ2v) is 6.10. The fourth-order valence-corrected chi connectivity index (χ4v) is 3.33. The highest BCUT2D eigenvalue weighted by Gasteiger charge is 2.23. The second-order valence-electron chi connectivity index (χ2n) is 4.95. The van der Waals surface area contributed by atoms with Crippen molar-refractivity contribution in [1.82, 2.24) is 0 Å². The number of thioether (sulfide) groups is 1. The molecule has 3 heteroatoms. The molecule has 0 spiro atoms. The molecule has 1 aromatic carbocycles. The van der Waals surface area contributed by atoms with Gasteiger partial charge < -0.3 is 4.74 Å². The normalized spacial score (nSPS) is 19.8. The lowest BCUT2D eigenvalue weighted by atomic mass is 9.95. The lowest BCUT2D eigenvalue weighted by Gasteiger charge is -2.22. The number of rotatable bonds is 3. The van der Waals surface area contributed by atoms with Crippen LogP contribution in [-0.2, 0) is 16.0 Å².